The zero-order chi connectivity index (χ0) is 21.2. The molecule has 1 aromatic carbocycles. The molecule has 0 saturated heterocycles. The van der Waals surface area contributed by atoms with E-state index >= 15 is 0 Å². The van der Waals surface area contributed by atoms with E-state index in [4.69, 9.17) is 9.47 Å². The highest BCUT2D eigenvalue weighted by Gasteiger charge is 2.22. The number of rotatable bonds is 7. The number of imide groups is 1. The molecule has 0 aromatic heterocycles. The smallest absolute Gasteiger partial charge is 0.326 e. The standard InChI is InChI=1S/C20H27N3O6/c1-13(18(25)23-20(27)22-14-8-4-3-5-9-14)29-17(24)12-21-19(26)15-10-6-7-11-16(15)28-2/h6-7,10-11,13-14H,3-5,8-9,12H2,1-2H3,(H,21,26)(H2,22,23,25,27)/t13-/m1/s1. The molecule has 3 N–H and O–H groups in total. The summed E-state index contributed by atoms with van der Waals surface area (Å²) in [5.74, 6) is -1.68. The zero-order valence-corrected chi connectivity index (χ0v) is 16.7. The SMILES string of the molecule is COc1ccccc1C(=O)NCC(=O)O[C@H](C)C(=O)NC(=O)NC1CCCCC1. The zero-order valence-electron chi connectivity index (χ0n) is 16.7. The molecular weight excluding hydrogens is 378 g/mol. The highest BCUT2D eigenvalue weighted by atomic mass is 16.5. The Morgan fingerprint density at radius 1 is 1.10 bits per heavy atom. The topological polar surface area (TPSA) is 123 Å². The molecule has 1 saturated carbocycles. The van der Waals surface area contributed by atoms with Crippen LogP contribution in [0.2, 0.25) is 0 Å². The maximum atomic E-state index is 12.2. The van der Waals surface area contributed by atoms with Gasteiger partial charge in [-0.25, -0.2) is 4.79 Å². The fourth-order valence-corrected chi connectivity index (χ4v) is 3.05. The van der Waals surface area contributed by atoms with Crippen LogP contribution in [-0.2, 0) is 14.3 Å². The highest BCUT2D eigenvalue weighted by molar-refractivity contribution is 5.99. The summed E-state index contributed by atoms with van der Waals surface area (Å²) < 4.78 is 10.1. The van der Waals surface area contributed by atoms with Gasteiger partial charge < -0.3 is 20.1 Å². The van der Waals surface area contributed by atoms with E-state index in [0.717, 1.165) is 32.1 Å². The summed E-state index contributed by atoms with van der Waals surface area (Å²) in [5, 5.41) is 7.32. The molecule has 0 radical (unpaired) electrons. The van der Waals surface area contributed by atoms with Crippen molar-refractivity contribution in [1.29, 1.82) is 0 Å². The number of para-hydroxylation sites is 1. The molecule has 0 bridgehead atoms. The van der Waals surface area contributed by atoms with Crippen LogP contribution in [0.4, 0.5) is 4.79 Å². The molecule has 1 fully saturated rings. The first kappa shape index (κ1) is 22.2. The molecule has 29 heavy (non-hydrogen) atoms. The molecule has 0 heterocycles. The first-order valence-corrected chi connectivity index (χ1v) is 9.62. The number of methoxy groups -OCH3 is 1. The van der Waals surface area contributed by atoms with Crippen LogP contribution in [0.25, 0.3) is 0 Å². The Morgan fingerprint density at radius 2 is 1.79 bits per heavy atom. The Morgan fingerprint density at radius 3 is 2.48 bits per heavy atom. The maximum absolute atomic E-state index is 12.2. The van der Waals surface area contributed by atoms with Crippen LogP contribution < -0.4 is 20.7 Å². The van der Waals surface area contributed by atoms with Crippen molar-refractivity contribution in [2.24, 2.45) is 0 Å². The minimum atomic E-state index is -1.18. The second kappa shape index (κ2) is 11.0. The van der Waals surface area contributed by atoms with Crippen LogP contribution in [-0.4, -0.2) is 49.6 Å². The van der Waals surface area contributed by atoms with Crippen molar-refractivity contribution in [3.8, 4) is 5.75 Å². The van der Waals surface area contributed by atoms with Crippen LogP contribution in [0.5, 0.6) is 5.75 Å². The van der Waals surface area contributed by atoms with Gasteiger partial charge in [0, 0.05) is 6.04 Å². The van der Waals surface area contributed by atoms with Gasteiger partial charge in [-0.1, -0.05) is 31.4 Å². The molecule has 1 aliphatic carbocycles. The fraction of sp³-hybridized carbons (Fsp3) is 0.500. The summed E-state index contributed by atoms with van der Waals surface area (Å²) in [6, 6.07) is 6.02. The second-order valence-corrected chi connectivity index (χ2v) is 6.81. The van der Waals surface area contributed by atoms with Crippen molar-refractivity contribution in [3.63, 3.8) is 0 Å². The van der Waals surface area contributed by atoms with Gasteiger partial charge in [-0.2, -0.15) is 0 Å². The lowest BCUT2D eigenvalue weighted by Gasteiger charge is -2.23. The van der Waals surface area contributed by atoms with Crippen LogP contribution in [0, 0.1) is 0 Å². The molecule has 158 valence electrons. The predicted octanol–water partition coefficient (Wildman–Crippen LogP) is 1.52. The molecule has 4 amide bonds. The highest BCUT2D eigenvalue weighted by Crippen LogP contribution is 2.17. The Labute approximate surface area is 169 Å². The van der Waals surface area contributed by atoms with Gasteiger partial charge >= 0.3 is 12.0 Å². The number of carbonyl (C=O) groups excluding carboxylic acids is 4. The molecule has 9 nitrogen and oxygen atoms in total. The van der Waals surface area contributed by atoms with Crippen LogP contribution >= 0.6 is 0 Å². The number of amides is 4. The number of benzene rings is 1. The fourth-order valence-electron chi connectivity index (χ4n) is 3.05. The number of hydrogen-bond donors (Lipinski definition) is 3. The van der Waals surface area contributed by atoms with E-state index in [0.29, 0.717) is 5.75 Å². The van der Waals surface area contributed by atoms with E-state index < -0.39 is 36.5 Å². The lowest BCUT2D eigenvalue weighted by Crippen LogP contribution is -2.48. The monoisotopic (exact) mass is 405 g/mol. The van der Waals surface area contributed by atoms with Gasteiger partial charge in [0.15, 0.2) is 6.10 Å². The van der Waals surface area contributed by atoms with E-state index in [1.54, 1.807) is 24.3 Å². The summed E-state index contributed by atoms with van der Waals surface area (Å²) in [4.78, 5) is 48.0. The van der Waals surface area contributed by atoms with Gasteiger partial charge in [0.25, 0.3) is 11.8 Å². The number of carbonyl (C=O) groups is 4. The third-order valence-corrected chi connectivity index (χ3v) is 4.60. The third kappa shape index (κ3) is 7.10. The van der Waals surface area contributed by atoms with Gasteiger partial charge in [-0.05, 0) is 31.9 Å². The predicted molar refractivity (Wildman–Crippen MR) is 104 cm³/mol. The minimum absolute atomic E-state index is 0.0552. The average molecular weight is 405 g/mol. The molecule has 9 heteroatoms. The minimum Gasteiger partial charge on any atom is -0.496 e. The van der Waals surface area contributed by atoms with Gasteiger partial charge in [0.2, 0.25) is 0 Å². The van der Waals surface area contributed by atoms with Gasteiger partial charge in [-0.15, -0.1) is 0 Å². The van der Waals surface area contributed by atoms with Crippen LogP contribution in [0.15, 0.2) is 24.3 Å². The summed E-state index contributed by atoms with van der Waals surface area (Å²) in [6.07, 6.45) is 3.85. The summed E-state index contributed by atoms with van der Waals surface area (Å²) in [5.41, 5.74) is 0.271. The maximum Gasteiger partial charge on any atom is 0.326 e. The molecule has 1 aromatic rings. The number of urea groups is 1. The lowest BCUT2D eigenvalue weighted by molar-refractivity contribution is -0.153. The summed E-state index contributed by atoms with van der Waals surface area (Å²) in [7, 11) is 1.44. The molecular formula is C20H27N3O6. The van der Waals surface area contributed by atoms with Crippen LogP contribution in [0.1, 0.15) is 49.4 Å². The van der Waals surface area contributed by atoms with Gasteiger partial charge in [-0.3, -0.25) is 19.7 Å². The number of hydrogen-bond acceptors (Lipinski definition) is 6. The Bertz CT molecular complexity index is 745. The molecule has 2 rings (SSSR count). The number of esters is 1. The van der Waals surface area contributed by atoms with E-state index in [-0.39, 0.29) is 11.6 Å². The third-order valence-electron chi connectivity index (χ3n) is 4.60. The normalized spacial score (nSPS) is 15.0. The first-order valence-electron chi connectivity index (χ1n) is 9.62. The lowest BCUT2D eigenvalue weighted by atomic mass is 9.96. The largest absolute Gasteiger partial charge is 0.496 e. The first-order chi connectivity index (χ1) is 13.9. The number of nitrogens with one attached hydrogen (secondary N) is 3. The van der Waals surface area contributed by atoms with Crippen molar-refractivity contribution in [1.82, 2.24) is 16.0 Å². The van der Waals surface area contributed by atoms with E-state index in [2.05, 4.69) is 16.0 Å². The quantitative estimate of drug-likeness (QED) is 0.591. The van der Waals surface area contributed by atoms with Crippen LogP contribution in [0.3, 0.4) is 0 Å². The van der Waals surface area contributed by atoms with Gasteiger partial charge in [0.1, 0.15) is 12.3 Å². The number of ether oxygens (including phenoxy) is 2. The molecule has 0 unspecified atom stereocenters. The van der Waals surface area contributed by atoms with Crippen molar-refractivity contribution < 1.29 is 28.7 Å². The molecule has 1 atom stereocenters. The van der Waals surface area contributed by atoms with E-state index in [1.165, 1.54) is 14.0 Å². The van der Waals surface area contributed by atoms with E-state index in [1.807, 2.05) is 0 Å². The van der Waals surface area contributed by atoms with Crippen molar-refractivity contribution in [2.75, 3.05) is 13.7 Å². The Balaban J connectivity index is 1.73. The molecule has 0 aliphatic heterocycles. The van der Waals surface area contributed by atoms with E-state index in [9.17, 15) is 19.2 Å². The van der Waals surface area contributed by atoms with Crippen molar-refractivity contribution in [2.45, 2.75) is 51.2 Å². The van der Waals surface area contributed by atoms with Crippen molar-refractivity contribution in [3.05, 3.63) is 29.8 Å². The Hall–Kier alpha value is -3.10. The summed E-state index contributed by atoms with van der Waals surface area (Å²) in [6.45, 7) is 0.923. The molecule has 1 aliphatic rings. The average Bonchev–Trinajstić information content (AvgIpc) is 2.72. The van der Waals surface area contributed by atoms with Gasteiger partial charge in [0.05, 0.1) is 12.7 Å². The Kier molecular flexibility index (Phi) is 8.45. The molecule has 0 spiro atoms. The van der Waals surface area contributed by atoms with Crippen molar-refractivity contribution >= 4 is 23.8 Å². The second-order valence-electron chi connectivity index (χ2n) is 6.81. The summed E-state index contributed by atoms with van der Waals surface area (Å²) >= 11 is 0.